The summed E-state index contributed by atoms with van der Waals surface area (Å²) in [7, 11) is 0. The fourth-order valence-corrected chi connectivity index (χ4v) is 3.50. The molecule has 4 rings (SSSR count). The van der Waals surface area contributed by atoms with E-state index in [4.69, 9.17) is 5.73 Å². The molecule has 3 heterocycles. The molecule has 7 heteroatoms. The van der Waals surface area contributed by atoms with Gasteiger partial charge in [0.15, 0.2) is 5.82 Å². The van der Waals surface area contributed by atoms with Crippen LogP contribution in [0.15, 0.2) is 36.7 Å². The normalized spacial score (nSPS) is 13.9. The molecule has 1 saturated heterocycles. The number of amides is 2. The van der Waals surface area contributed by atoms with Crippen LogP contribution in [0.1, 0.15) is 25.3 Å². The Morgan fingerprint density at radius 2 is 2.04 bits per heavy atom. The monoisotopic (exact) mass is 362 g/mol. The van der Waals surface area contributed by atoms with Crippen LogP contribution in [0.5, 0.6) is 0 Å². The molecule has 0 spiro atoms. The van der Waals surface area contributed by atoms with Gasteiger partial charge in [0.05, 0.1) is 5.69 Å². The van der Waals surface area contributed by atoms with Gasteiger partial charge in [-0.05, 0) is 54.7 Å². The van der Waals surface area contributed by atoms with Crippen molar-refractivity contribution in [3.8, 4) is 11.1 Å². The first kappa shape index (κ1) is 17.2. The molecule has 1 aliphatic rings. The molecule has 0 saturated carbocycles. The van der Waals surface area contributed by atoms with Crippen molar-refractivity contribution in [3.05, 3.63) is 42.2 Å². The highest BCUT2D eigenvalue weighted by atomic mass is 16.2. The Morgan fingerprint density at radius 3 is 2.81 bits per heavy atom. The summed E-state index contributed by atoms with van der Waals surface area (Å²) in [5, 5.41) is 12.0. The zero-order valence-electron chi connectivity index (χ0n) is 15.3. The van der Waals surface area contributed by atoms with Gasteiger partial charge in [0.1, 0.15) is 5.52 Å². The Labute approximate surface area is 157 Å². The molecule has 0 aliphatic carbocycles. The van der Waals surface area contributed by atoms with E-state index in [-0.39, 0.29) is 6.03 Å². The first-order valence-corrected chi connectivity index (χ1v) is 9.22. The first-order chi connectivity index (χ1) is 13.2. The second-order valence-corrected chi connectivity index (χ2v) is 6.74. The van der Waals surface area contributed by atoms with Crippen LogP contribution in [0.3, 0.4) is 0 Å². The van der Waals surface area contributed by atoms with Gasteiger partial charge < -0.3 is 10.6 Å². The maximum atomic E-state index is 12.3. The van der Waals surface area contributed by atoms with Crippen molar-refractivity contribution in [2.24, 2.45) is 0 Å². The number of fused-ring (bicyclic) bond motifs is 1. The number of hydrogen-bond acceptors (Lipinski definition) is 5. The average molecular weight is 362 g/mol. The molecule has 7 nitrogen and oxygen atoms in total. The van der Waals surface area contributed by atoms with Crippen molar-refractivity contribution in [1.82, 2.24) is 20.1 Å². The number of carbonyl (C=O) groups is 1. The molecule has 1 aromatic carbocycles. The quantitative estimate of drug-likeness (QED) is 0.696. The lowest BCUT2D eigenvalue weighted by Gasteiger charge is -2.16. The summed E-state index contributed by atoms with van der Waals surface area (Å²) in [6, 6.07) is 7.61. The number of nitrogens with two attached hydrogens (primary N) is 1. The molecule has 27 heavy (non-hydrogen) atoms. The van der Waals surface area contributed by atoms with Crippen LogP contribution in [0.25, 0.3) is 22.0 Å². The summed E-state index contributed by atoms with van der Waals surface area (Å²) >= 11 is 0. The lowest BCUT2D eigenvalue weighted by molar-refractivity contribution is 0.222. The van der Waals surface area contributed by atoms with Gasteiger partial charge in [0.2, 0.25) is 0 Å². The van der Waals surface area contributed by atoms with E-state index in [1.807, 2.05) is 30.5 Å². The predicted molar refractivity (Wildman–Crippen MR) is 106 cm³/mol. The molecular weight excluding hydrogens is 340 g/mol. The highest BCUT2D eigenvalue weighted by Crippen LogP contribution is 2.30. The molecule has 1 fully saturated rings. The van der Waals surface area contributed by atoms with Crippen LogP contribution in [-0.4, -0.2) is 39.2 Å². The van der Waals surface area contributed by atoms with Crippen LogP contribution in [0.4, 0.5) is 16.3 Å². The maximum absolute atomic E-state index is 12.3. The molecule has 3 aromatic rings. The van der Waals surface area contributed by atoms with Crippen molar-refractivity contribution in [3.63, 3.8) is 0 Å². The molecule has 0 unspecified atom stereocenters. The minimum absolute atomic E-state index is 0.134. The summed E-state index contributed by atoms with van der Waals surface area (Å²) in [6.45, 7) is 3.68. The van der Waals surface area contributed by atoms with Gasteiger partial charge in [-0.1, -0.05) is 6.92 Å². The third kappa shape index (κ3) is 3.40. The minimum Gasteiger partial charge on any atom is -0.397 e. The topological polar surface area (TPSA) is 97.0 Å². The molecule has 0 radical (unpaired) electrons. The average Bonchev–Trinajstić information content (AvgIpc) is 3.22. The number of pyridine rings is 1. The van der Waals surface area contributed by atoms with Gasteiger partial charge in [0.25, 0.3) is 0 Å². The lowest BCUT2D eigenvalue weighted by Crippen LogP contribution is -2.32. The number of nitrogens with one attached hydrogen (secondary N) is 1. The van der Waals surface area contributed by atoms with Crippen molar-refractivity contribution in [2.45, 2.75) is 26.2 Å². The van der Waals surface area contributed by atoms with Crippen LogP contribution < -0.4 is 11.1 Å². The second kappa shape index (κ2) is 7.19. The number of benzene rings is 1. The minimum atomic E-state index is -0.134. The van der Waals surface area contributed by atoms with Gasteiger partial charge in [-0.3, -0.25) is 10.3 Å². The number of likely N-dealkylation sites (tertiary alicyclic amines) is 1. The smallest absolute Gasteiger partial charge is 0.323 e. The van der Waals surface area contributed by atoms with Crippen LogP contribution in [0.2, 0.25) is 0 Å². The Balaban J connectivity index is 1.70. The first-order valence-electron chi connectivity index (χ1n) is 9.22. The summed E-state index contributed by atoms with van der Waals surface area (Å²) in [5.74, 6) is 0.429. The van der Waals surface area contributed by atoms with E-state index in [1.54, 1.807) is 11.1 Å². The standard InChI is InChI=1S/C20H22N6O/c1-2-13-5-6-22-12-16(13)14-9-15-11-18(24-25-19(15)17(21)10-14)23-20(27)26-7-3-4-8-26/h5-6,9-12H,2-4,7-8,21H2,1H3,(H,23,24,27). The molecule has 0 bridgehead atoms. The van der Waals surface area contributed by atoms with E-state index < -0.39 is 0 Å². The Bertz CT molecular complexity index is 997. The number of urea groups is 1. The molecule has 0 atom stereocenters. The van der Waals surface area contributed by atoms with E-state index in [0.717, 1.165) is 48.9 Å². The summed E-state index contributed by atoms with van der Waals surface area (Å²) in [6.07, 6.45) is 6.64. The van der Waals surface area contributed by atoms with Gasteiger partial charge in [-0.25, -0.2) is 4.79 Å². The van der Waals surface area contributed by atoms with Crippen molar-refractivity contribution in [2.75, 3.05) is 24.1 Å². The van der Waals surface area contributed by atoms with Gasteiger partial charge in [-0.2, -0.15) is 0 Å². The van der Waals surface area contributed by atoms with Gasteiger partial charge in [0, 0.05) is 36.4 Å². The van der Waals surface area contributed by atoms with Crippen LogP contribution in [-0.2, 0) is 6.42 Å². The number of hydrogen-bond donors (Lipinski definition) is 2. The number of nitrogens with zero attached hydrogens (tertiary/aromatic N) is 4. The number of carbonyl (C=O) groups excluding carboxylic acids is 1. The Kier molecular flexibility index (Phi) is 4.58. The Hall–Kier alpha value is -3.22. The molecule has 2 aromatic heterocycles. The largest absolute Gasteiger partial charge is 0.397 e. The van der Waals surface area contributed by atoms with E-state index in [0.29, 0.717) is 17.0 Å². The SMILES string of the molecule is CCc1ccncc1-c1cc(N)c2nnc(NC(=O)N3CCCC3)cc2c1. The Morgan fingerprint density at radius 1 is 1.22 bits per heavy atom. The van der Waals surface area contributed by atoms with E-state index in [2.05, 4.69) is 27.4 Å². The molecule has 1 aliphatic heterocycles. The molecule has 3 N–H and O–H groups in total. The molecule has 138 valence electrons. The molecule has 2 amide bonds. The lowest BCUT2D eigenvalue weighted by atomic mass is 9.98. The zero-order valence-corrected chi connectivity index (χ0v) is 15.3. The third-order valence-electron chi connectivity index (χ3n) is 4.95. The summed E-state index contributed by atoms with van der Waals surface area (Å²) in [4.78, 5) is 18.3. The number of anilines is 2. The second-order valence-electron chi connectivity index (χ2n) is 6.74. The van der Waals surface area contributed by atoms with Crippen molar-refractivity contribution < 1.29 is 4.79 Å². The molecular formula is C20H22N6O. The van der Waals surface area contributed by atoms with E-state index in [1.165, 1.54) is 5.56 Å². The fourth-order valence-electron chi connectivity index (χ4n) is 3.50. The van der Waals surface area contributed by atoms with Crippen molar-refractivity contribution in [1.29, 1.82) is 0 Å². The number of aromatic nitrogens is 3. The van der Waals surface area contributed by atoms with E-state index >= 15 is 0 Å². The summed E-state index contributed by atoms with van der Waals surface area (Å²) < 4.78 is 0. The number of rotatable bonds is 3. The number of nitrogen functional groups attached to an aromatic ring is 1. The zero-order chi connectivity index (χ0) is 18.8. The maximum Gasteiger partial charge on any atom is 0.323 e. The number of aryl methyl sites for hydroxylation is 1. The van der Waals surface area contributed by atoms with Gasteiger partial charge >= 0.3 is 6.03 Å². The third-order valence-corrected chi connectivity index (χ3v) is 4.95. The highest BCUT2D eigenvalue weighted by molar-refractivity contribution is 5.96. The van der Waals surface area contributed by atoms with Crippen molar-refractivity contribution >= 4 is 28.4 Å². The predicted octanol–water partition coefficient (Wildman–Crippen LogP) is 3.46. The van der Waals surface area contributed by atoms with Gasteiger partial charge in [-0.15, -0.1) is 10.2 Å². The van der Waals surface area contributed by atoms with E-state index in [9.17, 15) is 4.79 Å². The highest BCUT2D eigenvalue weighted by Gasteiger charge is 2.18. The van der Waals surface area contributed by atoms with Crippen LogP contribution >= 0.6 is 0 Å². The fraction of sp³-hybridized carbons (Fsp3) is 0.300. The summed E-state index contributed by atoms with van der Waals surface area (Å²) in [5.41, 5.74) is 10.6. The van der Waals surface area contributed by atoms with Crippen LogP contribution in [0, 0.1) is 0 Å².